The first-order valence-electron chi connectivity index (χ1n) is 8.33. The van der Waals surface area contributed by atoms with E-state index in [0.717, 1.165) is 11.1 Å². The summed E-state index contributed by atoms with van der Waals surface area (Å²) in [5, 5.41) is 3.21. The number of carbonyl (C=O) groups excluding carboxylic acids is 2. The molecule has 2 aromatic carbocycles. The van der Waals surface area contributed by atoms with Crippen LogP contribution in [0.2, 0.25) is 5.02 Å². The van der Waals surface area contributed by atoms with Crippen LogP contribution in [0.15, 0.2) is 42.5 Å². The van der Waals surface area contributed by atoms with E-state index in [4.69, 9.17) is 16.3 Å². The van der Waals surface area contributed by atoms with Gasteiger partial charge in [-0.05, 0) is 30.7 Å². The molecule has 1 N–H and O–H groups in total. The van der Waals surface area contributed by atoms with Gasteiger partial charge in [-0.25, -0.2) is 0 Å². The zero-order chi connectivity index (χ0) is 19.1. The Morgan fingerprint density at radius 3 is 2.58 bits per heavy atom. The Labute approximate surface area is 158 Å². The summed E-state index contributed by atoms with van der Waals surface area (Å²) >= 11 is 6.06. The molecule has 0 bridgehead atoms. The van der Waals surface area contributed by atoms with Gasteiger partial charge < -0.3 is 15.0 Å². The second-order valence-electron chi connectivity index (χ2n) is 6.08. The highest BCUT2D eigenvalue weighted by Crippen LogP contribution is 2.27. The van der Waals surface area contributed by atoms with Gasteiger partial charge in [0, 0.05) is 32.1 Å². The van der Waals surface area contributed by atoms with Gasteiger partial charge in [-0.1, -0.05) is 41.4 Å². The largest absolute Gasteiger partial charge is 0.495 e. The van der Waals surface area contributed by atoms with Crippen LogP contribution in [0.5, 0.6) is 5.75 Å². The fourth-order valence-corrected chi connectivity index (χ4v) is 2.84. The number of halogens is 1. The molecule has 2 rings (SSSR count). The van der Waals surface area contributed by atoms with Crippen molar-refractivity contribution in [3.8, 4) is 5.75 Å². The second kappa shape index (κ2) is 9.25. The number of hydrogen-bond acceptors (Lipinski definition) is 3. The summed E-state index contributed by atoms with van der Waals surface area (Å²) < 4.78 is 5.09. The van der Waals surface area contributed by atoms with Gasteiger partial charge in [0.15, 0.2) is 0 Å². The van der Waals surface area contributed by atoms with Crippen molar-refractivity contribution >= 4 is 29.1 Å². The normalized spacial score (nSPS) is 10.3. The summed E-state index contributed by atoms with van der Waals surface area (Å²) in [6.07, 6.45) is 0.203. The average molecular weight is 375 g/mol. The molecule has 0 aliphatic rings. The van der Waals surface area contributed by atoms with Crippen molar-refractivity contribution in [3.05, 3.63) is 58.6 Å². The summed E-state index contributed by atoms with van der Waals surface area (Å²) in [4.78, 5) is 25.7. The third kappa shape index (κ3) is 5.77. The molecule has 0 aliphatic carbocycles. The van der Waals surface area contributed by atoms with Crippen molar-refractivity contribution in [1.82, 2.24) is 4.90 Å². The molecule has 0 aliphatic heterocycles. The minimum Gasteiger partial charge on any atom is -0.495 e. The Kier molecular flexibility index (Phi) is 7.04. The molecule has 5 nitrogen and oxygen atoms in total. The van der Waals surface area contributed by atoms with E-state index in [0.29, 0.717) is 29.5 Å². The van der Waals surface area contributed by atoms with E-state index in [1.165, 1.54) is 14.0 Å². The van der Waals surface area contributed by atoms with Crippen molar-refractivity contribution in [1.29, 1.82) is 0 Å². The lowest BCUT2D eigenvalue weighted by atomic mass is 10.1. The molecule has 0 spiro atoms. The highest BCUT2D eigenvalue weighted by molar-refractivity contribution is 6.32. The number of amides is 2. The summed E-state index contributed by atoms with van der Waals surface area (Å²) in [6, 6.07) is 13.0. The lowest BCUT2D eigenvalue weighted by Gasteiger charge is -2.21. The van der Waals surface area contributed by atoms with Gasteiger partial charge in [0.1, 0.15) is 5.75 Å². The van der Waals surface area contributed by atoms with E-state index < -0.39 is 0 Å². The van der Waals surface area contributed by atoms with Gasteiger partial charge in [0.05, 0.1) is 12.1 Å². The monoisotopic (exact) mass is 374 g/mol. The van der Waals surface area contributed by atoms with Crippen LogP contribution in [-0.2, 0) is 16.1 Å². The van der Waals surface area contributed by atoms with Gasteiger partial charge in [-0.3, -0.25) is 9.59 Å². The SMILES string of the molecule is COc1ccc(NC(=O)CCN(Cc2cccc(C)c2)C(C)=O)cc1Cl. The first-order valence-corrected chi connectivity index (χ1v) is 8.71. The molecular weight excluding hydrogens is 352 g/mol. The van der Waals surface area contributed by atoms with Crippen LogP contribution in [0.4, 0.5) is 5.69 Å². The topological polar surface area (TPSA) is 58.6 Å². The van der Waals surface area contributed by atoms with Crippen molar-refractivity contribution < 1.29 is 14.3 Å². The quantitative estimate of drug-likeness (QED) is 0.795. The number of ether oxygens (including phenoxy) is 1. The third-order valence-electron chi connectivity index (χ3n) is 3.95. The predicted octanol–water partition coefficient (Wildman–Crippen LogP) is 4.03. The van der Waals surface area contributed by atoms with Crippen molar-refractivity contribution in [2.24, 2.45) is 0 Å². The molecule has 0 saturated carbocycles. The smallest absolute Gasteiger partial charge is 0.226 e. The van der Waals surface area contributed by atoms with Crippen LogP contribution in [0.3, 0.4) is 0 Å². The van der Waals surface area contributed by atoms with Crippen LogP contribution in [-0.4, -0.2) is 30.4 Å². The third-order valence-corrected chi connectivity index (χ3v) is 4.24. The number of methoxy groups -OCH3 is 1. The number of carbonyl (C=O) groups is 2. The Morgan fingerprint density at radius 2 is 1.96 bits per heavy atom. The summed E-state index contributed by atoms with van der Waals surface area (Å²) in [6.45, 7) is 4.35. The minimum atomic E-state index is -0.179. The molecule has 0 heterocycles. The molecule has 0 saturated heterocycles. The van der Waals surface area contributed by atoms with Crippen LogP contribution in [0, 0.1) is 6.92 Å². The molecule has 0 aromatic heterocycles. The first-order chi connectivity index (χ1) is 12.4. The molecule has 138 valence electrons. The number of anilines is 1. The molecule has 26 heavy (non-hydrogen) atoms. The van der Waals surface area contributed by atoms with E-state index in [1.54, 1.807) is 23.1 Å². The number of rotatable bonds is 7. The fourth-order valence-electron chi connectivity index (χ4n) is 2.58. The maximum absolute atomic E-state index is 12.2. The standard InChI is InChI=1S/C20H23ClN2O3/c1-14-5-4-6-16(11-14)13-23(15(2)24)10-9-20(25)22-17-7-8-19(26-3)18(21)12-17/h4-8,11-12H,9-10,13H2,1-3H3,(H,22,25). The van der Waals surface area contributed by atoms with Gasteiger partial charge in [0.2, 0.25) is 11.8 Å². The zero-order valence-electron chi connectivity index (χ0n) is 15.2. The average Bonchev–Trinajstić information content (AvgIpc) is 2.58. The van der Waals surface area contributed by atoms with Gasteiger partial charge in [0.25, 0.3) is 0 Å². The number of nitrogens with one attached hydrogen (secondary N) is 1. The number of aryl methyl sites for hydroxylation is 1. The fraction of sp³-hybridized carbons (Fsp3) is 0.300. The molecule has 6 heteroatoms. The number of hydrogen-bond donors (Lipinski definition) is 1. The molecule has 2 aromatic rings. The first kappa shape index (κ1) is 19.8. The van der Waals surface area contributed by atoms with Crippen molar-refractivity contribution in [2.45, 2.75) is 26.8 Å². The summed E-state index contributed by atoms with van der Waals surface area (Å²) in [5.41, 5.74) is 2.77. The number of nitrogens with zero attached hydrogens (tertiary/aromatic N) is 1. The van der Waals surface area contributed by atoms with E-state index >= 15 is 0 Å². The zero-order valence-corrected chi connectivity index (χ0v) is 16.0. The second-order valence-corrected chi connectivity index (χ2v) is 6.48. The molecular formula is C20H23ClN2O3. The van der Waals surface area contributed by atoms with Crippen molar-refractivity contribution in [3.63, 3.8) is 0 Å². The van der Waals surface area contributed by atoms with Gasteiger partial charge >= 0.3 is 0 Å². The molecule has 0 unspecified atom stereocenters. The number of benzene rings is 2. The highest BCUT2D eigenvalue weighted by Gasteiger charge is 2.13. The lowest BCUT2D eigenvalue weighted by molar-refractivity contribution is -0.129. The maximum Gasteiger partial charge on any atom is 0.226 e. The minimum absolute atomic E-state index is 0.0631. The maximum atomic E-state index is 12.2. The van der Waals surface area contributed by atoms with Gasteiger partial charge in [-0.2, -0.15) is 0 Å². The Hall–Kier alpha value is -2.53. The molecule has 2 amide bonds. The van der Waals surface area contributed by atoms with Crippen LogP contribution in [0.1, 0.15) is 24.5 Å². The molecule has 0 fully saturated rings. The Morgan fingerprint density at radius 1 is 1.19 bits per heavy atom. The van der Waals surface area contributed by atoms with Crippen LogP contribution >= 0.6 is 11.6 Å². The Balaban J connectivity index is 1.92. The highest BCUT2D eigenvalue weighted by atomic mass is 35.5. The molecule has 0 radical (unpaired) electrons. The predicted molar refractivity (Wildman–Crippen MR) is 104 cm³/mol. The van der Waals surface area contributed by atoms with E-state index in [1.807, 2.05) is 31.2 Å². The van der Waals surface area contributed by atoms with E-state index in [2.05, 4.69) is 5.32 Å². The lowest BCUT2D eigenvalue weighted by Crippen LogP contribution is -2.31. The van der Waals surface area contributed by atoms with Gasteiger partial charge in [-0.15, -0.1) is 0 Å². The summed E-state index contributed by atoms with van der Waals surface area (Å²) in [7, 11) is 1.53. The van der Waals surface area contributed by atoms with Crippen LogP contribution in [0.25, 0.3) is 0 Å². The summed E-state index contributed by atoms with van der Waals surface area (Å²) in [5.74, 6) is 0.305. The van der Waals surface area contributed by atoms with Crippen molar-refractivity contribution in [2.75, 3.05) is 19.0 Å². The van der Waals surface area contributed by atoms with E-state index in [9.17, 15) is 9.59 Å². The molecule has 0 atom stereocenters. The van der Waals surface area contributed by atoms with Crippen LogP contribution < -0.4 is 10.1 Å². The van der Waals surface area contributed by atoms with E-state index in [-0.39, 0.29) is 18.2 Å². The Bertz CT molecular complexity index is 792.